The van der Waals surface area contributed by atoms with Crippen molar-refractivity contribution in [1.29, 1.82) is 0 Å². The van der Waals surface area contributed by atoms with Crippen molar-refractivity contribution in [3.63, 3.8) is 0 Å². The molecule has 1 aliphatic rings. The lowest BCUT2D eigenvalue weighted by atomic mass is 9.86. The van der Waals surface area contributed by atoms with Crippen LogP contribution in [0.15, 0.2) is 36.4 Å². The summed E-state index contributed by atoms with van der Waals surface area (Å²) in [5.41, 5.74) is 0.541. The van der Waals surface area contributed by atoms with Crippen molar-refractivity contribution in [2.24, 2.45) is 11.8 Å². The Balaban J connectivity index is 1.65. The van der Waals surface area contributed by atoms with E-state index in [0.29, 0.717) is 50.5 Å². The number of esters is 1. The van der Waals surface area contributed by atoms with Gasteiger partial charge in [-0.1, -0.05) is 56.9 Å². The minimum Gasteiger partial charge on any atom is -0.425 e. The molecule has 0 heterocycles. The number of carbonyl (C=O) groups excluding carboxylic acids is 3. The molecule has 1 aromatic rings. The van der Waals surface area contributed by atoms with E-state index in [1.54, 1.807) is 0 Å². The van der Waals surface area contributed by atoms with Crippen LogP contribution in [0.5, 0.6) is 5.75 Å². The van der Waals surface area contributed by atoms with Gasteiger partial charge in [-0.05, 0) is 75.0 Å². The Morgan fingerprint density at radius 2 is 1.70 bits per heavy atom. The van der Waals surface area contributed by atoms with E-state index >= 15 is 0 Å². The monoisotopic (exact) mass is 604 g/mol. The number of rotatable bonds is 21. The molecule has 43 heavy (non-hydrogen) atoms. The zero-order valence-corrected chi connectivity index (χ0v) is 25.4. The number of ether oxygens (including phenoxy) is 1. The lowest BCUT2D eigenvalue weighted by Gasteiger charge is -2.22. The third-order valence-electron chi connectivity index (χ3n) is 7.90. The number of nitrogens with one attached hydrogen (secondary N) is 1. The Kier molecular flexibility index (Phi) is 16.5. The molecule has 1 amide bonds. The summed E-state index contributed by atoms with van der Waals surface area (Å²) in [6.45, 7) is 3.48. The van der Waals surface area contributed by atoms with Gasteiger partial charge in [0.15, 0.2) is 0 Å². The predicted molar refractivity (Wildman–Crippen MR) is 160 cm³/mol. The highest BCUT2D eigenvalue weighted by Crippen LogP contribution is 2.38. The second-order valence-corrected chi connectivity index (χ2v) is 11.4. The van der Waals surface area contributed by atoms with Gasteiger partial charge in [-0.15, -0.1) is 10.1 Å². The molecule has 2 rings (SSSR count). The van der Waals surface area contributed by atoms with Gasteiger partial charge in [0.2, 0.25) is 5.91 Å². The van der Waals surface area contributed by atoms with Crippen molar-refractivity contribution in [2.45, 2.75) is 122 Å². The minimum atomic E-state index is -0.888. The van der Waals surface area contributed by atoms with Gasteiger partial charge in [0.1, 0.15) is 24.2 Å². The number of allylic oxidation sites excluding steroid dienone is 2. The molecule has 0 saturated heterocycles. The first-order chi connectivity index (χ1) is 20.6. The van der Waals surface area contributed by atoms with Crippen LogP contribution >= 0.6 is 0 Å². The number of unbranched alkanes of at least 4 members (excludes halogenated alkanes) is 5. The molecule has 1 saturated carbocycles. The van der Waals surface area contributed by atoms with Gasteiger partial charge in [-0.25, -0.2) is 4.79 Å². The summed E-state index contributed by atoms with van der Waals surface area (Å²) in [5.74, 6) is -0.636. The topological polar surface area (TPSA) is 165 Å². The molecular weight excluding hydrogens is 556 g/mol. The van der Waals surface area contributed by atoms with E-state index in [9.17, 15) is 34.7 Å². The summed E-state index contributed by atoms with van der Waals surface area (Å²) in [6.07, 6.45) is 12.3. The van der Waals surface area contributed by atoms with Crippen LogP contribution < -0.4 is 10.1 Å². The van der Waals surface area contributed by atoms with E-state index in [4.69, 9.17) is 4.74 Å². The molecule has 1 aliphatic carbocycles. The molecule has 3 N–H and O–H groups in total. The number of benzene rings is 1. The summed E-state index contributed by atoms with van der Waals surface area (Å²) < 4.78 is 5.25. The van der Waals surface area contributed by atoms with E-state index in [1.165, 1.54) is 44.0 Å². The van der Waals surface area contributed by atoms with Gasteiger partial charge >= 0.3 is 5.97 Å². The van der Waals surface area contributed by atoms with Crippen molar-refractivity contribution in [1.82, 2.24) is 5.32 Å². The molecule has 1 fully saturated rings. The maximum Gasteiger partial charge on any atom is 0.333 e. The molecule has 0 spiro atoms. The number of ketones is 1. The van der Waals surface area contributed by atoms with Crippen LogP contribution in [0.3, 0.4) is 0 Å². The highest BCUT2D eigenvalue weighted by molar-refractivity contribution is 5.85. The quantitative estimate of drug-likeness (QED) is 0.0438. The number of aliphatic hydroxyl groups excluding tert-OH is 2. The molecule has 1 unspecified atom stereocenters. The van der Waals surface area contributed by atoms with Crippen molar-refractivity contribution < 1.29 is 39.3 Å². The second kappa shape index (κ2) is 19.8. The maximum atomic E-state index is 12.3. The number of Topliss-reactive ketones (excluding diaryl/α,β-unsaturated/α-hetero) is 1. The van der Waals surface area contributed by atoms with Crippen LogP contribution in [0.2, 0.25) is 0 Å². The Hall–Kier alpha value is -3.31. The summed E-state index contributed by atoms with van der Waals surface area (Å²) in [6, 6.07) is 5.19. The standard InChI is InChI=1S/C32H48N2O9/c1-3-4-5-6-9-12-25(35)17-20-28-27(29(36)21-30(28)37)13-10-7-8-11-14-31(38)33-23(2)32(39)43-26-18-15-24(16-19-26)22-42-34(40)41/h7,10,15-16,18-19,23,27-30,36-37H,3-6,8-9,11-14,17,20-22H2,1-2H3,(H,33,38)/t23?,27-,28-,29+,30-/m1/s1. The molecule has 0 aliphatic heterocycles. The number of amides is 1. The molecule has 5 atom stereocenters. The molecule has 0 aromatic heterocycles. The molecule has 0 bridgehead atoms. The highest BCUT2D eigenvalue weighted by atomic mass is 16.9. The SMILES string of the molecule is CCCCCCCC(=O)CC[C@@H]1[C@@H](CC=CCCCC(=O)NC(C)C(=O)Oc2ccc(CO[N+](=O)[O-])cc2)[C@@H](O)C[C@H]1O. The Labute approximate surface area is 254 Å². The Morgan fingerprint density at radius 3 is 2.40 bits per heavy atom. The van der Waals surface area contributed by atoms with E-state index in [0.717, 1.165) is 19.3 Å². The zero-order chi connectivity index (χ0) is 31.6. The molecule has 240 valence electrons. The summed E-state index contributed by atoms with van der Waals surface area (Å²) >= 11 is 0. The molecule has 11 nitrogen and oxygen atoms in total. The average molecular weight is 605 g/mol. The van der Waals surface area contributed by atoms with Gasteiger partial charge < -0.3 is 25.1 Å². The van der Waals surface area contributed by atoms with Crippen LogP contribution in [0.25, 0.3) is 0 Å². The molecule has 11 heteroatoms. The summed E-state index contributed by atoms with van der Waals surface area (Å²) in [5, 5.41) is 32.9. The van der Waals surface area contributed by atoms with E-state index in [2.05, 4.69) is 17.1 Å². The smallest absolute Gasteiger partial charge is 0.333 e. The van der Waals surface area contributed by atoms with E-state index in [-0.39, 0.29) is 42.3 Å². The van der Waals surface area contributed by atoms with Gasteiger partial charge in [0.05, 0.1) is 12.2 Å². The number of hydrogen-bond donors (Lipinski definition) is 3. The van der Waals surface area contributed by atoms with Crippen LogP contribution in [-0.4, -0.2) is 51.2 Å². The van der Waals surface area contributed by atoms with E-state index < -0.39 is 29.3 Å². The van der Waals surface area contributed by atoms with Gasteiger partial charge in [0.25, 0.3) is 5.09 Å². The number of carbonyl (C=O) groups is 3. The molecule has 1 aromatic carbocycles. The first-order valence-corrected chi connectivity index (χ1v) is 15.5. The Morgan fingerprint density at radius 1 is 1.00 bits per heavy atom. The zero-order valence-electron chi connectivity index (χ0n) is 25.4. The van der Waals surface area contributed by atoms with Crippen LogP contribution in [0, 0.1) is 22.0 Å². The van der Waals surface area contributed by atoms with Gasteiger partial charge in [-0.3, -0.25) is 9.59 Å². The third-order valence-corrected chi connectivity index (χ3v) is 7.90. The normalized spacial score (nSPS) is 20.6. The highest BCUT2D eigenvalue weighted by Gasteiger charge is 2.40. The lowest BCUT2D eigenvalue weighted by Crippen LogP contribution is -2.40. The lowest BCUT2D eigenvalue weighted by molar-refractivity contribution is -0.763. The minimum absolute atomic E-state index is 0.0932. The van der Waals surface area contributed by atoms with E-state index in [1.807, 2.05) is 12.2 Å². The maximum absolute atomic E-state index is 12.3. The number of nitrogens with zero attached hydrogens (tertiary/aromatic N) is 1. The van der Waals surface area contributed by atoms with Gasteiger partial charge in [0, 0.05) is 19.3 Å². The summed E-state index contributed by atoms with van der Waals surface area (Å²) in [7, 11) is 0. The number of hydrogen-bond acceptors (Lipinski definition) is 9. The van der Waals surface area contributed by atoms with Gasteiger partial charge in [-0.2, -0.15) is 0 Å². The number of aliphatic hydroxyl groups is 2. The van der Waals surface area contributed by atoms with Crippen molar-refractivity contribution in [3.8, 4) is 5.75 Å². The first kappa shape index (κ1) is 35.9. The fraction of sp³-hybridized carbons (Fsp3) is 0.656. The largest absolute Gasteiger partial charge is 0.425 e. The summed E-state index contributed by atoms with van der Waals surface area (Å²) in [4.78, 5) is 51.5. The molecular formula is C32H48N2O9. The molecule has 0 radical (unpaired) electrons. The first-order valence-electron chi connectivity index (χ1n) is 15.5. The second-order valence-electron chi connectivity index (χ2n) is 11.4. The average Bonchev–Trinajstić information content (AvgIpc) is 3.24. The van der Waals surface area contributed by atoms with Crippen LogP contribution in [-0.2, 0) is 25.8 Å². The van der Waals surface area contributed by atoms with Crippen LogP contribution in [0.4, 0.5) is 0 Å². The van der Waals surface area contributed by atoms with Crippen molar-refractivity contribution in [2.75, 3.05) is 0 Å². The fourth-order valence-electron chi connectivity index (χ4n) is 5.39. The third kappa shape index (κ3) is 14.1. The predicted octanol–water partition coefficient (Wildman–Crippen LogP) is 4.99. The fourth-order valence-corrected chi connectivity index (χ4v) is 5.39. The van der Waals surface area contributed by atoms with Crippen molar-refractivity contribution in [3.05, 3.63) is 52.1 Å². The van der Waals surface area contributed by atoms with Crippen LogP contribution in [0.1, 0.15) is 103 Å². The Bertz CT molecular complexity index is 1040. The van der Waals surface area contributed by atoms with Crippen molar-refractivity contribution >= 4 is 17.7 Å².